The number of amides is 1. The van der Waals surface area contributed by atoms with E-state index in [2.05, 4.69) is 16.4 Å². The predicted octanol–water partition coefficient (Wildman–Crippen LogP) is 3.78. The number of hydrogen-bond donors (Lipinski definition) is 1. The van der Waals surface area contributed by atoms with Crippen molar-refractivity contribution in [1.82, 2.24) is 14.9 Å². The van der Waals surface area contributed by atoms with Crippen LogP contribution in [-0.2, 0) is 17.9 Å². The number of aromatic nitrogens is 2. The molecule has 1 aliphatic heterocycles. The molecule has 0 radical (unpaired) electrons. The van der Waals surface area contributed by atoms with Crippen molar-refractivity contribution in [2.45, 2.75) is 51.4 Å². The quantitative estimate of drug-likeness (QED) is 0.774. The second-order valence-corrected chi connectivity index (χ2v) is 7.38. The topological polar surface area (TPSA) is 65.4 Å². The second kappa shape index (κ2) is 8.61. The standard InChI is InChI=1S/C22H27N3O3/c1-27-18-9-7-17(8-10-18)20-13-25-15-24-21(19(25)14-28-20)22(26)23-12-11-16-5-3-2-4-6-16/h5,7-10,15,20H,2-4,6,11-14H2,1H3,(H,23,26). The summed E-state index contributed by atoms with van der Waals surface area (Å²) in [6.07, 6.45) is 9.82. The Hall–Kier alpha value is -2.60. The molecule has 0 fully saturated rings. The average Bonchev–Trinajstić information content (AvgIpc) is 3.18. The van der Waals surface area contributed by atoms with Crippen LogP contribution in [0.25, 0.3) is 0 Å². The minimum atomic E-state index is -0.114. The predicted molar refractivity (Wildman–Crippen MR) is 106 cm³/mol. The number of carbonyl (C=O) groups is 1. The first-order valence-electron chi connectivity index (χ1n) is 10.0. The number of nitrogens with one attached hydrogen (secondary N) is 1. The first-order valence-corrected chi connectivity index (χ1v) is 10.0. The minimum absolute atomic E-state index is 0.0539. The van der Waals surface area contributed by atoms with E-state index in [4.69, 9.17) is 9.47 Å². The number of imidazole rings is 1. The fourth-order valence-corrected chi connectivity index (χ4v) is 3.89. The maximum atomic E-state index is 12.6. The van der Waals surface area contributed by atoms with Gasteiger partial charge in [-0.1, -0.05) is 23.8 Å². The van der Waals surface area contributed by atoms with Crippen LogP contribution in [0, 0.1) is 0 Å². The zero-order valence-corrected chi connectivity index (χ0v) is 16.3. The van der Waals surface area contributed by atoms with Crippen molar-refractivity contribution in [3.63, 3.8) is 0 Å². The summed E-state index contributed by atoms with van der Waals surface area (Å²) in [4.78, 5) is 16.9. The molecule has 0 spiro atoms. The molecule has 1 aromatic heterocycles. The van der Waals surface area contributed by atoms with Gasteiger partial charge in [-0.25, -0.2) is 4.98 Å². The van der Waals surface area contributed by atoms with E-state index in [1.54, 1.807) is 13.4 Å². The molecule has 0 saturated heterocycles. The van der Waals surface area contributed by atoms with Gasteiger partial charge in [-0.2, -0.15) is 0 Å². The van der Waals surface area contributed by atoms with Crippen LogP contribution >= 0.6 is 0 Å². The summed E-state index contributed by atoms with van der Waals surface area (Å²) in [6, 6.07) is 7.89. The Morgan fingerprint density at radius 1 is 1.32 bits per heavy atom. The number of ether oxygens (including phenoxy) is 2. The number of rotatable bonds is 6. The van der Waals surface area contributed by atoms with E-state index in [1.165, 1.54) is 24.8 Å². The van der Waals surface area contributed by atoms with E-state index in [0.29, 0.717) is 25.4 Å². The van der Waals surface area contributed by atoms with E-state index in [1.807, 2.05) is 28.8 Å². The van der Waals surface area contributed by atoms with Crippen molar-refractivity contribution in [2.24, 2.45) is 0 Å². The lowest BCUT2D eigenvalue weighted by atomic mass is 9.97. The number of methoxy groups -OCH3 is 1. The SMILES string of the molecule is COc1ccc(C2Cn3cnc(C(=O)NCCC4=CCCCC4)c3CO2)cc1. The molecule has 1 amide bonds. The van der Waals surface area contributed by atoms with Crippen molar-refractivity contribution < 1.29 is 14.3 Å². The fourth-order valence-electron chi connectivity index (χ4n) is 3.89. The summed E-state index contributed by atoms with van der Waals surface area (Å²) in [5, 5.41) is 3.01. The van der Waals surface area contributed by atoms with Gasteiger partial charge < -0.3 is 19.4 Å². The molecule has 148 valence electrons. The molecule has 1 unspecified atom stereocenters. The van der Waals surface area contributed by atoms with Crippen LogP contribution in [0.15, 0.2) is 42.2 Å². The second-order valence-electron chi connectivity index (χ2n) is 7.38. The van der Waals surface area contributed by atoms with Crippen molar-refractivity contribution in [3.8, 4) is 5.75 Å². The molecule has 2 aromatic rings. The van der Waals surface area contributed by atoms with E-state index in [0.717, 1.165) is 29.8 Å². The molecule has 6 nitrogen and oxygen atoms in total. The first-order chi connectivity index (χ1) is 13.7. The summed E-state index contributed by atoms with van der Waals surface area (Å²) in [7, 11) is 1.66. The molecular formula is C22H27N3O3. The largest absolute Gasteiger partial charge is 0.497 e. The van der Waals surface area contributed by atoms with Crippen LogP contribution in [0.2, 0.25) is 0 Å². The van der Waals surface area contributed by atoms with Gasteiger partial charge >= 0.3 is 0 Å². The number of hydrogen-bond acceptors (Lipinski definition) is 4. The zero-order valence-electron chi connectivity index (χ0n) is 16.3. The molecule has 2 heterocycles. The number of benzene rings is 1. The Labute approximate surface area is 165 Å². The number of fused-ring (bicyclic) bond motifs is 1. The third kappa shape index (κ3) is 4.12. The highest BCUT2D eigenvalue weighted by atomic mass is 16.5. The van der Waals surface area contributed by atoms with E-state index in [9.17, 15) is 4.79 Å². The number of nitrogens with zero attached hydrogens (tertiary/aromatic N) is 2. The van der Waals surface area contributed by atoms with Crippen LogP contribution < -0.4 is 10.1 Å². The highest BCUT2D eigenvalue weighted by Crippen LogP contribution is 2.29. The van der Waals surface area contributed by atoms with Crippen molar-refractivity contribution in [3.05, 3.63) is 59.2 Å². The Balaban J connectivity index is 1.36. The number of carbonyl (C=O) groups excluding carboxylic acids is 1. The lowest BCUT2D eigenvalue weighted by Crippen LogP contribution is -2.28. The van der Waals surface area contributed by atoms with Gasteiger partial charge in [0.2, 0.25) is 0 Å². The maximum Gasteiger partial charge on any atom is 0.271 e. The lowest BCUT2D eigenvalue weighted by molar-refractivity contribution is 0.00256. The molecule has 2 aliphatic rings. The van der Waals surface area contributed by atoms with Crippen LogP contribution in [0.4, 0.5) is 0 Å². The lowest BCUT2D eigenvalue weighted by Gasteiger charge is -2.25. The van der Waals surface area contributed by atoms with Gasteiger partial charge in [0.25, 0.3) is 5.91 Å². The highest BCUT2D eigenvalue weighted by molar-refractivity contribution is 5.93. The summed E-state index contributed by atoms with van der Waals surface area (Å²) < 4.78 is 13.3. The van der Waals surface area contributed by atoms with Crippen molar-refractivity contribution >= 4 is 5.91 Å². The van der Waals surface area contributed by atoms with Crippen molar-refractivity contribution in [2.75, 3.05) is 13.7 Å². The smallest absolute Gasteiger partial charge is 0.271 e. The van der Waals surface area contributed by atoms with Gasteiger partial charge in [0.1, 0.15) is 11.9 Å². The normalized spacial score (nSPS) is 18.9. The van der Waals surface area contributed by atoms with Gasteiger partial charge in [0.05, 0.1) is 32.3 Å². The Bertz CT molecular complexity index is 854. The molecule has 1 atom stereocenters. The third-order valence-electron chi connectivity index (χ3n) is 5.55. The molecule has 1 aromatic carbocycles. The van der Waals surface area contributed by atoms with Gasteiger partial charge in [-0.15, -0.1) is 0 Å². The van der Waals surface area contributed by atoms with E-state index < -0.39 is 0 Å². The van der Waals surface area contributed by atoms with Crippen molar-refractivity contribution in [1.29, 1.82) is 0 Å². The summed E-state index contributed by atoms with van der Waals surface area (Å²) in [6.45, 7) is 1.69. The third-order valence-corrected chi connectivity index (χ3v) is 5.55. The highest BCUT2D eigenvalue weighted by Gasteiger charge is 2.26. The van der Waals surface area contributed by atoms with Crippen LogP contribution in [0.5, 0.6) is 5.75 Å². The Morgan fingerprint density at radius 2 is 2.18 bits per heavy atom. The molecule has 6 heteroatoms. The number of allylic oxidation sites excluding steroid dienone is 1. The molecule has 28 heavy (non-hydrogen) atoms. The van der Waals surface area contributed by atoms with Gasteiger partial charge in [-0.05, 0) is 49.8 Å². The van der Waals surface area contributed by atoms with Gasteiger partial charge in [-0.3, -0.25) is 4.79 Å². The Kier molecular flexibility index (Phi) is 5.76. The maximum absolute atomic E-state index is 12.6. The average molecular weight is 381 g/mol. The van der Waals surface area contributed by atoms with E-state index >= 15 is 0 Å². The van der Waals surface area contributed by atoms with Gasteiger partial charge in [0, 0.05) is 6.54 Å². The Morgan fingerprint density at radius 3 is 2.93 bits per heavy atom. The first kappa shape index (κ1) is 18.7. The molecule has 1 N–H and O–H groups in total. The molecule has 0 bridgehead atoms. The fraction of sp³-hybridized carbons (Fsp3) is 0.455. The molecule has 0 saturated carbocycles. The van der Waals surface area contributed by atoms with Crippen LogP contribution in [-0.4, -0.2) is 29.1 Å². The van der Waals surface area contributed by atoms with Crippen LogP contribution in [0.1, 0.15) is 60.0 Å². The van der Waals surface area contributed by atoms with Gasteiger partial charge in [0.15, 0.2) is 5.69 Å². The molecule has 1 aliphatic carbocycles. The summed E-state index contributed by atoms with van der Waals surface area (Å²) >= 11 is 0. The zero-order chi connectivity index (χ0) is 19.3. The van der Waals surface area contributed by atoms with E-state index in [-0.39, 0.29) is 12.0 Å². The molecule has 4 rings (SSSR count). The summed E-state index contributed by atoms with van der Waals surface area (Å²) in [5.74, 6) is 0.711. The molecular weight excluding hydrogens is 354 g/mol. The monoisotopic (exact) mass is 381 g/mol. The summed E-state index contributed by atoms with van der Waals surface area (Å²) in [5.41, 5.74) is 3.88. The minimum Gasteiger partial charge on any atom is -0.497 e. The van der Waals surface area contributed by atoms with Crippen LogP contribution in [0.3, 0.4) is 0 Å².